The molecule has 92 valence electrons. The van der Waals surface area contributed by atoms with Crippen LogP contribution in [0.2, 0.25) is 5.02 Å². The highest BCUT2D eigenvalue weighted by atomic mass is 35.5. The van der Waals surface area contributed by atoms with E-state index in [0.717, 1.165) is 5.56 Å². The molecular weight excluding hydrogens is 242 g/mol. The molecule has 1 amide bonds. The van der Waals surface area contributed by atoms with E-state index in [4.69, 9.17) is 16.7 Å². The van der Waals surface area contributed by atoms with Crippen molar-refractivity contribution in [1.82, 2.24) is 5.32 Å². The molecule has 0 saturated heterocycles. The van der Waals surface area contributed by atoms with Crippen LogP contribution in [-0.2, 0) is 15.0 Å². The number of benzene rings is 1. The summed E-state index contributed by atoms with van der Waals surface area (Å²) in [6.07, 6.45) is 0. The Morgan fingerprint density at radius 1 is 1.29 bits per heavy atom. The van der Waals surface area contributed by atoms with Gasteiger partial charge in [0.15, 0.2) is 0 Å². The van der Waals surface area contributed by atoms with E-state index in [9.17, 15) is 9.59 Å². The number of carbonyl (C=O) groups excluding carboxylic acids is 1. The van der Waals surface area contributed by atoms with Gasteiger partial charge in [-0.3, -0.25) is 4.79 Å². The predicted molar refractivity (Wildman–Crippen MR) is 65.1 cm³/mol. The topological polar surface area (TPSA) is 66.4 Å². The van der Waals surface area contributed by atoms with Gasteiger partial charge in [-0.05, 0) is 17.7 Å². The number of hydrogen-bond donors (Lipinski definition) is 2. The molecule has 1 rings (SSSR count). The summed E-state index contributed by atoms with van der Waals surface area (Å²) in [5, 5.41) is 11.5. The average molecular weight is 256 g/mol. The number of nitrogens with one attached hydrogen (secondary N) is 1. The lowest BCUT2D eigenvalue weighted by atomic mass is 9.84. The molecule has 0 atom stereocenters. The Labute approximate surface area is 105 Å². The fourth-order valence-corrected chi connectivity index (χ4v) is 1.51. The van der Waals surface area contributed by atoms with Crippen molar-refractivity contribution in [3.8, 4) is 0 Å². The Hall–Kier alpha value is -1.55. The van der Waals surface area contributed by atoms with E-state index in [1.165, 1.54) is 0 Å². The van der Waals surface area contributed by atoms with Gasteiger partial charge in [0.1, 0.15) is 0 Å². The summed E-state index contributed by atoms with van der Waals surface area (Å²) >= 11 is 5.78. The number of carbonyl (C=O) groups is 2. The van der Waals surface area contributed by atoms with Crippen LogP contribution < -0.4 is 5.32 Å². The lowest BCUT2D eigenvalue weighted by Crippen LogP contribution is -2.39. The van der Waals surface area contributed by atoms with Crippen LogP contribution in [0.5, 0.6) is 0 Å². The zero-order chi connectivity index (χ0) is 13.1. The summed E-state index contributed by atoms with van der Waals surface area (Å²) in [5.74, 6) is -2.47. The van der Waals surface area contributed by atoms with Crippen LogP contribution in [0.3, 0.4) is 0 Å². The monoisotopic (exact) mass is 255 g/mol. The second-order valence-corrected chi connectivity index (χ2v) is 4.82. The van der Waals surface area contributed by atoms with Crippen LogP contribution in [0.4, 0.5) is 0 Å². The molecule has 0 fully saturated rings. The van der Waals surface area contributed by atoms with Crippen molar-refractivity contribution < 1.29 is 14.7 Å². The van der Waals surface area contributed by atoms with Gasteiger partial charge in [0.2, 0.25) is 0 Å². The molecule has 0 unspecified atom stereocenters. The number of halogens is 1. The smallest absolute Gasteiger partial charge is 0.394 e. The Bertz CT molecular complexity index is 426. The van der Waals surface area contributed by atoms with Crippen molar-refractivity contribution in [2.45, 2.75) is 19.3 Å². The molecule has 1 aromatic carbocycles. The van der Waals surface area contributed by atoms with Crippen LogP contribution in [0.25, 0.3) is 0 Å². The molecule has 0 aliphatic carbocycles. The molecule has 0 spiro atoms. The summed E-state index contributed by atoms with van der Waals surface area (Å²) in [6, 6.07) is 7.24. The molecule has 0 bridgehead atoms. The quantitative estimate of drug-likeness (QED) is 0.810. The zero-order valence-electron chi connectivity index (χ0n) is 9.66. The summed E-state index contributed by atoms with van der Waals surface area (Å²) in [7, 11) is 0. The minimum Gasteiger partial charge on any atom is -0.474 e. The second-order valence-electron chi connectivity index (χ2n) is 4.38. The van der Waals surface area contributed by atoms with Crippen molar-refractivity contribution in [3.05, 3.63) is 34.9 Å². The molecule has 0 radical (unpaired) electrons. The normalized spacial score (nSPS) is 11.0. The standard InChI is InChI=1S/C12H14ClNO3/c1-12(2,7-14-10(15)11(16)17)8-3-5-9(13)6-4-8/h3-6H,7H2,1-2H3,(H,14,15)(H,16,17). The third kappa shape index (κ3) is 3.75. The third-order valence-corrected chi connectivity index (χ3v) is 2.76. The highest BCUT2D eigenvalue weighted by Gasteiger charge is 2.22. The van der Waals surface area contributed by atoms with Crippen LogP contribution >= 0.6 is 11.6 Å². The van der Waals surface area contributed by atoms with Crippen LogP contribution in [0.15, 0.2) is 24.3 Å². The number of hydrogen-bond acceptors (Lipinski definition) is 2. The van der Waals surface area contributed by atoms with E-state index in [1.54, 1.807) is 12.1 Å². The van der Waals surface area contributed by atoms with E-state index in [1.807, 2.05) is 26.0 Å². The highest BCUT2D eigenvalue weighted by Crippen LogP contribution is 2.23. The first kappa shape index (κ1) is 13.5. The predicted octanol–water partition coefficient (Wildman–Crippen LogP) is 1.82. The number of aliphatic carboxylic acids is 1. The summed E-state index contributed by atoms with van der Waals surface area (Å²) in [4.78, 5) is 21.3. The molecule has 0 aromatic heterocycles. The van der Waals surface area contributed by atoms with E-state index in [2.05, 4.69) is 5.32 Å². The van der Waals surface area contributed by atoms with Gasteiger partial charge in [-0.25, -0.2) is 4.79 Å². The Kier molecular flexibility index (Phi) is 4.12. The molecule has 0 aliphatic rings. The maximum absolute atomic E-state index is 10.9. The van der Waals surface area contributed by atoms with Crippen molar-refractivity contribution in [3.63, 3.8) is 0 Å². The van der Waals surface area contributed by atoms with Crippen LogP contribution in [0.1, 0.15) is 19.4 Å². The molecule has 0 aliphatic heterocycles. The Balaban J connectivity index is 2.71. The lowest BCUT2D eigenvalue weighted by Gasteiger charge is -2.25. The summed E-state index contributed by atoms with van der Waals surface area (Å²) < 4.78 is 0. The van der Waals surface area contributed by atoms with Crippen molar-refractivity contribution >= 4 is 23.5 Å². The number of carboxylic acids is 1. The fraction of sp³-hybridized carbons (Fsp3) is 0.333. The zero-order valence-corrected chi connectivity index (χ0v) is 10.4. The van der Waals surface area contributed by atoms with Gasteiger partial charge in [0.05, 0.1) is 0 Å². The third-order valence-electron chi connectivity index (χ3n) is 2.51. The van der Waals surface area contributed by atoms with Gasteiger partial charge in [0.25, 0.3) is 0 Å². The summed E-state index contributed by atoms with van der Waals surface area (Å²) in [5.41, 5.74) is 0.628. The largest absolute Gasteiger partial charge is 0.474 e. The van der Waals surface area contributed by atoms with Crippen molar-refractivity contribution in [2.75, 3.05) is 6.54 Å². The van der Waals surface area contributed by atoms with E-state index < -0.39 is 11.9 Å². The van der Waals surface area contributed by atoms with Crippen molar-refractivity contribution in [2.24, 2.45) is 0 Å². The van der Waals surface area contributed by atoms with Gasteiger partial charge in [-0.1, -0.05) is 37.6 Å². The SMILES string of the molecule is CC(C)(CNC(=O)C(=O)O)c1ccc(Cl)cc1. The maximum atomic E-state index is 10.9. The van der Waals surface area contributed by atoms with Gasteiger partial charge in [-0.15, -0.1) is 0 Å². The second kappa shape index (κ2) is 5.19. The molecule has 5 heteroatoms. The van der Waals surface area contributed by atoms with Crippen LogP contribution in [0, 0.1) is 0 Å². The average Bonchev–Trinajstić information content (AvgIpc) is 2.26. The fourth-order valence-electron chi connectivity index (χ4n) is 1.38. The minimum atomic E-state index is -1.48. The molecule has 0 heterocycles. The first-order valence-corrected chi connectivity index (χ1v) is 5.48. The number of amides is 1. The van der Waals surface area contributed by atoms with E-state index in [-0.39, 0.29) is 12.0 Å². The first-order chi connectivity index (χ1) is 7.83. The van der Waals surface area contributed by atoms with Crippen molar-refractivity contribution in [1.29, 1.82) is 0 Å². The maximum Gasteiger partial charge on any atom is 0.394 e. The molecule has 4 nitrogen and oxygen atoms in total. The molecular formula is C12H14ClNO3. The lowest BCUT2D eigenvalue weighted by molar-refractivity contribution is -0.150. The van der Waals surface area contributed by atoms with E-state index in [0.29, 0.717) is 5.02 Å². The van der Waals surface area contributed by atoms with Gasteiger partial charge in [-0.2, -0.15) is 0 Å². The molecule has 0 saturated carbocycles. The van der Waals surface area contributed by atoms with Gasteiger partial charge in [0, 0.05) is 17.0 Å². The number of rotatable bonds is 3. The first-order valence-electron chi connectivity index (χ1n) is 5.10. The molecule has 17 heavy (non-hydrogen) atoms. The Morgan fingerprint density at radius 3 is 2.29 bits per heavy atom. The molecule has 1 aromatic rings. The molecule has 2 N–H and O–H groups in total. The van der Waals surface area contributed by atoms with Gasteiger partial charge >= 0.3 is 11.9 Å². The highest BCUT2D eigenvalue weighted by molar-refractivity contribution is 6.31. The number of carboxylic acid groups (broad SMARTS) is 1. The Morgan fingerprint density at radius 2 is 1.82 bits per heavy atom. The van der Waals surface area contributed by atoms with E-state index >= 15 is 0 Å². The minimum absolute atomic E-state index is 0.250. The van der Waals surface area contributed by atoms with Gasteiger partial charge < -0.3 is 10.4 Å². The summed E-state index contributed by atoms with van der Waals surface area (Å²) in [6.45, 7) is 4.08. The van der Waals surface area contributed by atoms with Crippen LogP contribution in [-0.4, -0.2) is 23.5 Å².